The number of aromatic nitrogens is 3. The molecule has 18 heavy (non-hydrogen) atoms. The van der Waals surface area contributed by atoms with Gasteiger partial charge in [-0.05, 0) is 13.8 Å². The highest BCUT2D eigenvalue weighted by Gasteiger charge is 2.18. The fraction of sp³-hybridized carbons (Fsp3) is 0.364. The average Bonchev–Trinajstić information content (AvgIpc) is 2.98. The average molecular weight is 250 g/mol. The molecule has 0 aliphatic heterocycles. The minimum atomic E-state index is -0.327. The van der Waals surface area contributed by atoms with Crippen LogP contribution in [0.25, 0.3) is 0 Å². The smallest absolute Gasteiger partial charge is 0.264 e. The molecule has 96 valence electrons. The molecular weight excluding hydrogens is 236 g/mol. The molecule has 0 aliphatic carbocycles. The number of hydrogen-bond acceptors (Lipinski definition) is 5. The molecular formula is C11H14N4O3. The predicted octanol–water partition coefficient (Wildman–Crippen LogP) is 1.54. The van der Waals surface area contributed by atoms with E-state index in [9.17, 15) is 4.79 Å². The molecule has 0 aromatic carbocycles. The van der Waals surface area contributed by atoms with Gasteiger partial charge in [0.2, 0.25) is 5.88 Å². The second-order valence-electron chi connectivity index (χ2n) is 3.48. The number of carbonyl (C=O) groups excluding carboxylic acids is 1. The van der Waals surface area contributed by atoms with Crippen LogP contribution in [0.2, 0.25) is 0 Å². The minimum absolute atomic E-state index is 0.320. The molecule has 7 heteroatoms. The van der Waals surface area contributed by atoms with E-state index in [2.05, 4.69) is 20.1 Å². The van der Waals surface area contributed by atoms with E-state index in [4.69, 9.17) is 4.74 Å². The van der Waals surface area contributed by atoms with Crippen molar-refractivity contribution in [2.24, 2.45) is 0 Å². The van der Waals surface area contributed by atoms with E-state index >= 15 is 0 Å². The van der Waals surface area contributed by atoms with Gasteiger partial charge in [-0.15, -0.1) is 5.10 Å². The van der Waals surface area contributed by atoms with E-state index in [0.29, 0.717) is 30.4 Å². The number of amides is 1. The number of aryl methyl sites for hydroxylation is 1. The quantitative estimate of drug-likeness (QED) is 0.870. The van der Waals surface area contributed by atoms with E-state index in [0.717, 1.165) is 0 Å². The zero-order valence-corrected chi connectivity index (χ0v) is 10.2. The molecule has 2 aromatic heterocycles. The van der Waals surface area contributed by atoms with Gasteiger partial charge in [0, 0.05) is 18.8 Å². The van der Waals surface area contributed by atoms with Gasteiger partial charge in [0.25, 0.3) is 5.91 Å². The van der Waals surface area contributed by atoms with Crippen molar-refractivity contribution >= 4 is 11.7 Å². The summed E-state index contributed by atoms with van der Waals surface area (Å²) in [5.74, 6) is 0.346. The Labute approximate surface area is 104 Å². The number of rotatable bonds is 5. The highest BCUT2D eigenvalue weighted by molar-refractivity contribution is 6.05. The van der Waals surface area contributed by atoms with E-state index in [-0.39, 0.29) is 5.91 Å². The van der Waals surface area contributed by atoms with E-state index < -0.39 is 0 Å². The fourth-order valence-corrected chi connectivity index (χ4v) is 1.43. The molecule has 0 saturated heterocycles. The number of anilines is 1. The molecule has 0 bridgehead atoms. The molecule has 0 unspecified atom stereocenters. The first-order valence-corrected chi connectivity index (χ1v) is 5.66. The number of hydrogen-bond donors (Lipinski definition) is 1. The Morgan fingerprint density at radius 1 is 1.56 bits per heavy atom. The molecule has 0 saturated carbocycles. The summed E-state index contributed by atoms with van der Waals surface area (Å²) in [4.78, 5) is 12.0. The molecule has 2 rings (SSSR count). The van der Waals surface area contributed by atoms with Gasteiger partial charge in [-0.2, -0.15) is 0 Å². The maximum atomic E-state index is 12.0. The summed E-state index contributed by atoms with van der Waals surface area (Å²) in [6, 6.07) is 1.56. The van der Waals surface area contributed by atoms with Crippen molar-refractivity contribution in [3.8, 4) is 5.88 Å². The van der Waals surface area contributed by atoms with Gasteiger partial charge in [0.1, 0.15) is 11.8 Å². The summed E-state index contributed by atoms with van der Waals surface area (Å²) in [5, 5.41) is 10.4. The third-order valence-corrected chi connectivity index (χ3v) is 2.26. The van der Waals surface area contributed by atoms with Crippen LogP contribution in [0.1, 0.15) is 24.2 Å². The van der Waals surface area contributed by atoms with Gasteiger partial charge in [-0.1, -0.05) is 5.16 Å². The molecule has 1 N–H and O–H groups in total. The fourth-order valence-electron chi connectivity index (χ4n) is 1.43. The molecule has 0 fully saturated rings. The summed E-state index contributed by atoms with van der Waals surface area (Å²) in [5.41, 5.74) is 0.377. The molecule has 2 heterocycles. The Morgan fingerprint density at radius 3 is 3.00 bits per heavy atom. The lowest BCUT2D eigenvalue weighted by Crippen LogP contribution is -2.12. The van der Waals surface area contributed by atoms with Gasteiger partial charge in [0.05, 0.1) is 6.61 Å². The lowest BCUT2D eigenvalue weighted by Gasteiger charge is -2.02. The monoisotopic (exact) mass is 250 g/mol. The van der Waals surface area contributed by atoms with Crippen LogP contribution >= 0.6 is 0 Å². The van der Waals surface area contributed by atoms with Gasteiger partial charge in [-0.3, -0.25) is 9.48 Å². The summed E-state index contributed by atoms with van der Waals surface area (Å²) in [6.07, 6.45) is 3.02. The molecule has 1 amide bonds. The van der Waals surface area contributed by atoms with Crippen molar-refractivity contribution < 1.29 is 14.1 Å². The SMILES string of the molecule is CCOc1nn(CC)cc1C(=O)Nc1ccon1. The van der Waals surface area contributed by atoms with Crippen molar-refractivity contribution in [3.05, 3.63) is 24.1 Å². The molecule has 0 atom stereocenters. The first kappa shape index (κ1) is 12.2. The van der Waals surface area contributed by atoms with Crippen LogP contribution < -0.4 is 10.1 Å². The molecule has 0 radical (unpaired) electrons. The van der Waals surface area contributed by atoms with E-state index in [1.54, 1.807) is 16.9 Å². The zero-order valence-electron chi connectivity index (χ0n) is 10.2. The van der Waals surface area contributed by atoms with Gasteiger partial charge < -0.3 is 14.6 Å². The number of nitrogens with zero attached hydrogens (tertiary/aromatic N) is 3. The van der Waals surface area contributed by atoms with E-state index in [1.807, 2.05) is 13.8 Å². The Bertz CT molecular complexity index is 518. The maximum Gasteiger partial charge on any atom is 0.264 e. The number of ether oxygens (including phenoxy) is 1. The maximum absolute atomic E-state index is 12.0. The Balaban J connectivity index is 2.20. The lowest BCUT2D eigenvalue weighted by atomic mass is 10.3. The second kappa shape index (κ2) is 5.35. The minimum Gasteiger partial charge on any atom is -0.476 e. The first-order chi connectivity index (χ1) is 8.74. The molecule has 0 spiro atoms. The molecule has 0 aliphatic rings. The summed E-state index contributed by atoms with van der Waals surface area (Å²) in [6.45, 7) is 4.88. The van der Waals surface area contributed by atoms with Crippen molar-refractivity contribution in [2.75, 3.05) is 11.9 Å². The lowest BCUT2D eigenvalue weighted by molar-refractivity contribution is 0.102. The van der Waals surface area contributed by atoms with Crippen LogP contribution in [-0.2, 0) is 6.54 Å². The Hall–Kier alpha value is -2.31. The normalized spacial score (nSPS) is 10.3. The van der Waals surface area contributed by atoms with Crippen molar-refractivity contribution in [1.82, 2.24) is 14.9 Å². The van der Waals surface area contributed by atoms with Crippen LogP contribution in [0.4, 0.5) is 5.82 Å². The Kier molecular flexibility index (Phi) is 3.61. The topological polar surface area (TPSA) is 82.2 Å². The van der Waals surface area contributed by atoms with Gasteiger partial charge >= 0.3 is 0 Å². The molecule has 7 nitrogen and oxygen atoms in total. The predicted molar refractivity (Wildman–Crippen MR) is 63.5 cm³/mol. The number of nitrogens with one attached hydrogen (secondary N) is 1. The zero-order chi connectivity index (χ0) is 13.0. The van der Waals surface area contributed by atoms with Crippen LogP contribution in [0.3, 0.4) is 0 Å². The van der Waals surface area contributed by atoms with Crippen molar-refractivity contribution in [1.29, 1.82) is 0 Å². The first-order valence-electron chi connectivity index (χ1n) is 5.66. The summed E-state index contributed by atoms with van der Waals surface area (Å²) >= 11 is 0. The Morgan fingerprint density at radius 2 is 2.39 bits per heavy atom. The highest BCUT2D eigenvalue weighted by atomic mass is 16.5. The molecule has 2 aromatic rings. The standard InChI is InChI=1S/C11H14N4O3/c1-3-15-7-8(11(13-15)17-4-2)10(16)12-9-5-6-18-14-9/h5-7H,3-4H2,1-2H3,(H,12,14,16). The van der Waals surface area contributed by atoms with Crippen LogP contribution in [0, 0.1) is 0 Å². The third-order valence-electron chi connectivity index (χ3n) is 2.26. The van der Waals surface area contributed by atoms with Crippen molar-refractivity contribution in [3.63, 3.8) is 0 Å². The number of carbonyl (C=O) groups is 1. The largest absolute Gasteiger partial charge is 0.476 e. The second-order valence-corrected chi connectivity index (χ2v) is 3.48. The highest BCUT2D eigenvalue weighted by Crippen LogP contribution is 2.17. The van der Waals surface area contributed by atoms with Gasteiger partial charge in [-0.25, -0.2) is 0 Å². The van der Waals surface area contributed by atoms with Gasteiger partial charge in [0.15, 0.2) is 5.82 Å². The third kappa shape index (κ3) is 2.50. The summed E-state index contributed by atoms with van der Waals surface area (Å²) in [7, 11) is 0. The van der Waals surface area contributed by atoms with E-state index in [1.165, 1.54) is 6.26 Å². The van der Waals surface area contributed by atoms with Crippen LogP contribution in [0.15, 0.2) is 23.0 Å². The van der Waals surface area contributed by atoms with Crippen LogP contribution in [0.5, 0.6) is 5.88 Å². The van der Waals surface area contributed by atoms with Crippen LogP contribution in [-0.4, -0.2) is 27.5 Å². The summed E-state index contributed by atoms with van der Waals surface area (Å²) < 4.78 is 11.6. The van der Waals surface area contributed by atoms with Crippen molar-refractivity contribution in [2.45, 2.75) is 20.4 Å².